The lowest BCUT2D eigenvalue weighted by atomic mass is 10.00. The summed E-state index contributed by atoms with van der Waals surface area (Å²) in [4.78, 5) is 29.6. The molecule has 6 rings (SSSR count). The van der Waals surface area contributed by atoms with Gasteiger partial charge in [0.2, 0.25) is 0 Å². The second-order valence-electron chi connectivity index (χ2n) is 9.69. The minimum Gasteiger partial charge on any atom is -0.495 e. The van der Waals surface area contributed by atoms with E-state index < -0.39 is 17.5 Å². The Morgan fingerprint density at radius 1 is 1.21 bits per heavy atom. The Bertz CT molecular complexity index is 1820. The fraction of sp³-hybridized carbons (Fsp3) is 0.250. The molecule has 0 aliphatic carbocycles. The molecule has 5 aromatic rings. The molecular formula is C28H23ClFN5O6S. The molecular weight excluding hydrogens is 589 g/mol. The van der Waals surface area contributed by atoms with Crippen LogP contribution >= 0.6 is 22.9 Å². The van der Waals surface area contributed by atoms with Gasteiger partial charge in [-0.3, -0.25) is 10.3 Å². The van der Waals surface area contributed by atoms with Gasteiger partial charge in [-0.05, 0) is 25.1 Å². The Morgan fingerprint density at radius 2 is 2.02 bits per heavy atom. The number of aliphatic hydroxyl groups excluding tert-OH is 1. The average molecular weight is 612 g/mol. The van der Waals surface area contributed by atoms with Gasteiger partial charge in [0.25, 0.3) is 0 Å². The fourth-order valence-corrected chi connectivity index (χ4v) is 5.96. The van der Waals surface area contributed by atoms with Crippen LogP contribution in [0.5, 0.6) is 17.5 Å². The van der Waals surface area contributed by atoms with Crippen molar-refractivity contribution in [2.45, 2.75) is 18.9 Å². The number of halogens is 2. The number of benzene rings is 2. The van der Waals surface area contributed by atoms with E-state index >= 15 is 4.39 Å². The minimum atomic E-state index is -1.02. The highest BCUT2D eigenvalue weighted by atomic mass is 35.5. The first kappa shape index (κ1) is 27.8. The summed E-state index contributed by atoms with van der Waals surface area (Å²) < 4.78 is 37.8. The van der Waals surface area contributed by atoms with E-state index in [4.69, 9.17) is 40.6 Å². The standard InChI is InChI=1S/C28H23ClFN5O6S/c1-28(13-40-27(37)34-16-10-32-26(33-11-16)39-4-3-36)9-19-23(41-28)20(30)8-21-24(19)42-25(35-21)18-7-15(29)5-14-6-17(38-2)12-31-22(14)18/h5-8,10-12,36H,3-4,9,13H2,1-2H3,(H,34,37)/t28-/m1/s1. The van der Waals surface area contributed by atoms with Gasteiger partial charge in [0.15, 0.2) is 11.6 Å². The topological polar surface area (TPSA) is 138 Å². The first-order valence-corrected chi connectivity index (χ1v) is 13.9. The molecule has 2 N–H and O–H groups in total. The maximum atomic E-state index is 15.2. The van der Waals surface area contributed by atoms with Crippen molar-refractivity contribution in [1.29, 1.82) is 0 Å². The van der Waals surface area contributed by atoms with Gasteiger partial charge in [-0.25, -0.2) is 24.1 Å². The van der Waals surface area contributed by atoms with Crippen molar-refractivity contribution in [3.05, 3.63) is 59.3 Å². The Morgan fingerprint density at radius 3 is 2.79 bits per heavy atom. The van der Waals surface area contributed by atoms with Crippen molar-refractivity contribution in [2.75, 3.05) is 32.2 Å². The summed E-state index contributed by atoms with van der Waals surface area (Å²) in [5.41, 5.74) is 1.80. The number of carbonyl (C=O) groups is 1. The largest absolute Gasteiger partial charge is 0.495 e. The van der Waals surface area contributed by atoms with Crippen LogP contribution in [0.25, 0.3) is 31.7 Å². The summed E-state index contributed by atoms with van der Waals surface area (Å²) >= 11 is 7.81. The zero-order valence-corrected chi connectivity index (χ0v) is 23.9. The van der Waals surface area contributed by atoms with E-state index in [9.17, 15) is 4.79 Å². The molecule has 14 heteroatoms. The van der Waals surface area contributed by atoms with Gasteiger partial charge < -0.3 is 24.1 Å². The van der Waals surface area contributed by atoms with Gasteiger partial charge in [-0.2, -0.15) is 0 Å². The molecule has 11 nitrogen and oxygen atoms in total. The number of pyridine rings is 1. The first-order chi connectivity index (χ1) is 20.2. The number of ether oxygens (including phenoxy) is 4. The van der Waals surface area contributed by atoms with Gasteiger partial charge in [-0.1, -0.05) is 11.6 Å². The van der Waals surface area contributed by atoms with E-state index in [1.165, 1.54) is 29.8 Å². The number of nitrogens with one attached hydrogen (secondary N) is 1. The zero-order valence-electron chi connectivity index (χ0n) is 22.3. The molecule has 1 amide bonds. The molecule has 3 aromatic heterocycles. The number of hydrogen-bond donors (Lipinski definition) is 2. The number of amides is 1. The predicted octanol–water partition coefficient (Wildman–Crippen LogP) is 5.42. The molecule has 216 valence electrons. The highest BCUT2D eigenvalue weighted by molar-refractivity contribution is 7.22. The van der Waals surface area contributed by atoms with Crippen LogP contribution in [0.15, 0.2) is 42.9 Å². The van der Waals surface area contributed by atoms with Crippen LogP contribution in [-0.4, -0.2) is 63.7 Å². The van der Waals surface area contributed by atoms with Crippen molar-refractivity contribution in [3.63, 3.8) is 0 Å². The average Bonchev–Trinajstić information content (AvgIpc) is 3.56. The van der Waals surface area contributed by atoms with Gasteiger partial charge in [0, 0.05) is 34.0 Å². The highest BCUT2D eigenvalue weighted by Gasteiger charge is 2.40. The van der Waals surface area contributed by atoms with Crippen LogP contribution in [0.1, 0.15) is 12.5 Å². The molecule has 0 saturated heterocycles. The number of fused-ring (bicyclic) bond motifs is 4. The van der Waals surface area contributed by atoms with Gasteiger partial charge in [-0.15, -0.1) is 11.3 Å². The van der Waals surface area contributed by atoms with Crippen LogP contribution in [0, 0.1) is 5.82 Å². The van der Waals surface area contributed by atoms with Crippen molar-refractivity contribution < 1.29 is 33.2 Å². The SMILES string of the molecule is COc1cnc2c(-c3nc4cc(F)c5c(c4s3)C[C@](C)(COC(=O)Nc3cnc(OCCO)nc3)O5)cc(Cl)cc2c1. The Balaban J connectivity index is 1.21. The summed E-state index contributed by atoms with van der Waals surface area (Å²) in [6, 6.07) is 6.82. The lowest BCUT2D eigenvalue weighted by Crippen LogP contribution is -2.37. The summed E-state index contributed by atoms with van der Waals surface area (Å²) in [5, 5.41) is 13.2. The van der Waals surface area contributed by atoms with Crippen molar-refractivity contribution in [3.8, 4) is 28.1 Å². The second-order valence-corrected chi connectivity index (χ2v) is 11.1. The number of nitrogens with zero attached hydrogens (tertiary/aromatic N) is 4. The molecule has 2 aromatic carbocycles. The lowest BCUT2D eigenvalue weighted by molar-refractivity contribution is 0.0315. The first-order valence-electron chi connectivity index (χ1n) is 12.7. The third-order valence-electron chi connectivity index (χ3n) is 6.48. The van der Waals surface area contributed by atoms with Gasteiger partial charge in [0.05, 0.1) is 53.7 Å². The van der Waals surface area contributed by atoms with Gasteiger partial charge in [0.1, 0.15) is 29.6 Å². The summed E-state index contributed by atoms with van der Waals surface area (Å²) in [6.07, 6.45) is 3.83. The van der Waals surface area contributed by atoms with Crippen molar-refractivity contribution >= 4 is 55.8 Å². The second kappa shape index (κ2) is 11.2. The molecule has 0 bridgehead atoms. The smallest absolute Gasteiger partial charge is 0.411 e. The number of rotatable bonds is 8. The number of carbonyl (C=O) groups excluding carboxylic acids is 1. The molecule has 0 radical (unpaired) electrons. The Kier molecular flexibility index (Phi) is 7.39. The fourth-order valence-electron chi connectivity index (χ4n) is 4.63. The van der Waals surface area contributed by atoms with E-state index in [1.54, 1.807) is 32.4 Å². The number of thiazole rings is 1. The highest BCUT2D eigenvalue weighted by Crippen LogP contribution is 2.46. The zero-order chi connectivity index (χ0) is 29.4. The van der Waals surface area contributed by atoms with Crippen LogP contribution < -0.4 is 19.5 Å². The van der Waals surface area contributed by atoms with Crippen molar-refractivity contribution in [1.82, 2.24) is 19.9 Å². The number of hydrogen-bond acceptors (Lipinski definition) is 11. The lowest BCUT2D eigenvalue weighted by Gasteiger charge is -2.23. The van der Waals surface area contributed by atoms with E-state index in [0.29, 0.717) is 37.9 Å². The van der Waals surface area contributed by atoms with Crippen LogP contribution in [0.4, 0.5) is 14.9 Å². The maximum absolute atomic E-state index is 15.2. The number of anilines is 1. The normalized spacial score (nSPS) is 15.8. The third kappa shape index (κ3) is 5.45. The molecule has 0 spiro atoms. The molecule has 1 aliphatic heterocycles. The summed E-state index contributed by atoms with van der Waals surface area (Å²) in [5.74, 6) is 0.152. The molecule has 0 unspecified atom stereocenters. The van der Waals surface area contributed by atoms with Crippen LogP contribution in [-0.2, 0) is 11.2 Å². The molecule has 1 atom stereocenters. The van der Waals surface area contributed by atoms with E-state index in [2.05, 4.69) is 20.3 Å². The molecule has 1 aliphatic rings. The van der Waals surface area contributed by atoms with Crippen LogP contribution in [0.2, 0.25) is 5.02 Å². The summed E-state index contributed by atoms with van der Waals surface area (Å²) in [6.45, 7) is 1.47. The van der Waals surface area contributed by atoms with Gasteiger partial charge >= 0.3 is 12.1 Å². The quantitative estimate of drug-likeness (QED) is 0.234. The van der Waals surface area contributed by atoms with E-state index in [1.807, 2.05) is 6.07 Å². The third-order valence-corrected chi connectivity index (χ3v) is 7.86. The van der Waals surface area contributed by atoms with Crippen molar-refractivity contribution in [2.24, 2.45) is 0 Å². The monoisotopic (exact) mass is 611 g/mol. The number of aliphatic hydroxyl groups is 1. The number of aromatic nitrogens is 4. The van der Waals surface area contributed by atoms with E-state index in [0.717, 1.165) is 10.1 Å². The Labute approximate surface area is 247 Å². The minimum absolute atomic E-state index is 0.0515. The molecule has 4 heterocycles. The Hall–Kier alpha value is -4.33. The van der Waals surface area contributed by atoms with Crippen LogP contribution in [0.3, 0.4) is 0 Å². The molecule has 0 saturated carbocycles. The predicted molar refractivity (Wildman–Crippen MR) is 154 cm³/mol. The maximum Gasteiger partial charge on any atom is 0.411 e. The number of methoxy groups -OCH3 is 1. The molecule has 0 fully saturated rings. The van der Waals surface area contributed by atoms with E-state index in [-0.39, 0.29) is 43.7 Å². The molecule has 42 heavy (non-hydrogen) atoms. The summed E-state index contributed by atoms with van der Waals surface area (Å²) in [7, 11) is 1.57.